The van der Waals surface area contributed by atoms with Gasteiger partial charge in [0.15, 0.2) is 0 Å². The second kappa shape index (κ2) is 4.91. The molecule has 0 aromatic rings. The summed E-state index contributed by atoms with van der Waals surface area (Å²) < 4.78 is 10.2. The highest BCUT2D eigenvalue weighted by atomic mass is 35.5. The van der Waals surface area contributed by atoms with E-state index in [-0.39, 0.29) is 0 Å². The molecule has 1 fully saturated rings. The van der Waals surface area contributed by atoms with E-state index in [1.165, 1.54) is 0 Å². The van der Waals surface area contributed by atoms with Crippen LogP contribution in [0.5, 0.6) is 0 Å². The average molecular weight is 166 g/mol. The number of rotatable bonds is 6. The van der Waals surface area contributed by atoms with E-state index in [9.17, 15) is 0 Å². The molecule has 1 unspecified atom stereocenters. The van der Waals surface area contributed by atoms with Crippen molar-refractivity contribution in [3.05, 3.63) is 0 Å². The maximum atomic E-state index is 5.24. The van der Waals surface area contributed by atoms with Crippen LogP contribution in [0.2, 0.25) is 0 Å². The summed E-state index contributed by atoms with van der Waals surface area (Å²) in [4.78, 5) is 2.53. The van der Waals surface area contributed by atoms with Crippen LogP contribution in [0.15, 0.2) is 0 Å². The minimum absolute atomic E-state index is 0.379. The van der Waals surface area contributed by atoms with Gasteiger partial charge < -0.3 is 9.47 Å². The molecule has 0 aliphatic carbocycles. The Hall–Kier alpha value is 0.170. The van der Waals surface area contributed by atoms with Gasteiger partial charge in [0.2, 0.25) is 0 Å². The van der Waals surface area contributed by atoms with Gasteiger partial charge in [-0.2, -0.15) is 0 Å². The highest BCUT2D eigenvalue weighted by molar-refractivity contribution is 6.13. The summed E-state index contributed by atoms with van der Waals surface area (Å²) in [5.41, 5.74) is 0. The SMILES string of the molecule is ClNCCCOCC1CO1. The van der Waals surface area contributed by atoms with Gasteiger partial charge in [-0.25, -0.2) is 4.84 Å². The zero-order valence-electron chi connectivity index (χ0n) is 5.81. The van der Waals surface area contributed by atoms with Crippen LogP contribution >= 0.6 is 11.8 Å². The molecule has 1 N–H and O–H groups in total. The van der Waals surface area contributed by atoms with Gasteiger partial charge in [0, 0.05) is 13.2 Å². The molecule has 1 rings (SSSR count). The van der Waals surface area contributed by atoms with Crippen LogP contribution in [-0.2, 0) is 9.47 Å². The van der Waals surface area contributed by atoms with Crippen molar-refractivity contribution in [2.24, 2.45) is 0 Å². The van der Waals surface area contributed by atoms with Crippen molar-refractivity contribution in [3.63, 3.8) is 0 Å². The maximum absolute atomic E-state index is 5.24. The molecule has 0 radical (unpaired) electrons. The fourth-order valence-electron chi connectivity index (χ4n) is 0.620. The molecule has 60 valence electrons. The van der Waals surface area contributed by atoms with Gasteiger partial charge in [0.1, 0.15) is 6.10 Å². The molecule has 0 bridgehead atoms. The van der Waals surface area contributed by atoms with Gasteiger partial charge in [-0.3, -0.25) is 0 Å². The first-order valence-electron chi connectivity index (χ1n) is 3.46. The van der Waals surface area contributed by atoms with Crippen molar-refractivity contribution in [2.45, 2.75) is 12.5 Å². The van der Waals surface area contributed by atoms with E-state index >= 15 is 0 Å². The zero-order chi connectivity index (χ0) is 7.23. The van der Waals surface area contributed by atoms with Crippen molar-refractivity contribution in [3.8, 4) is 0 Å². The van der Waals surface area contributed by atoms with Crippen LogP contribution < -0.4 is 4.84 Å². The van der Waals surface area contributed by atoms with E-state index in [0.29, 0.717) is 6.10 Å². The van der Waals surface area contributed by atoms with Crippen molar-refractivity contribution in [2.75, 3.05) is 26.4 Å². The van der Waals surface area contributed by atoms with Crippen LogP contribution in [0, 0.1) is 0 Å². The molecule has 10 heavy (non-hydrogen) atoms. The number of hydrogen-bond donors (Lipinski definition) is 1. The summed E-state index contributed by atoms with van der Waals surface area (Å²) in [5, 5.41) is 0. The minimum Gasteiger partial charge on any atom is -0.379 e. The Kier molecular flexibility index (Phi) is 4.06. The lowest BCUT2D eigenvalue weighted by Gasteiger charge is -1.99. The van der Waals surface area contributed by atoms with E-state index < -0.39 is 0 Å². The maximum Gasteiger partial charge on any atom is 0.104 e. The molecule has 0 saturated carbocycles. The third kappa shape index (κ3) is 4.06. The van der Waals surface area contributed by atoms with Crippen molar-refractivity contribution >= 4 is 11.8 Å². The predicted octanol–water partition coefficient (Wildman–Crippen LogP) is 0.535. The zero-order valence-corrected chi connectivity index (χ0v) is 6.56. The summed E-state index contributed by atoms with van der Waals surface area (Å²) in [6.07, 6.45) is 1.33. The van der Waals surface area contributed by atoms with E-state index in [0.717, 1.165) is 32.8 Å². The quantitative estimate of drug-likeness (QED) is 0.354. The van der Waals surface area contributed by atoms with Crippen LogP contribution in [0.1, 0.15) is 6.42 Å². The summed E-state index contributed by atoms with van der Waals surface area (Å²) >= 11 is 5.23. The molecule has 1 saturated heterocycles. The first-order valence-corrected chi connectivity index (χ1v) is 3.84. The molecule has 1 atom stereocenters. The first-order chi connectivity index (χ1) is 4.93. The molecule has 3 nitrogen and oxygen atoms in total. The van der Waals surface area contributed by atoms with E-state index in [4.69, 9.17) is 21.3 Å². The Morgan fingerprint density at radius 2 is 2.50 bits per heavy atom. The number of ether oxygens (including phenoxy) is 2. The predicted molar refractivity (Wildman–Crippen MR) is 39.0 cm³/mol. The molecule has 0 aromatic heterocycles. The summed E-state index contributed by atoms with van der Waals surface area (Å²) in [6, 6.07) is 0. The van der Waals surface area contributed by atoms with Crippen molar-refractivity contribution in [1.29, 1.82) is 0 Å². The second-order valence-corrected chi connectivity index (χ2v) is 2.53. The average Bonchev–Trinajstić information content (AvgIpc) is 2.71. The van der Waals surface area contributed by atoms with Gasteiger partial charge in [-0.1, -0.05) is 0 Å². The van der Waals surface area contributed by atoms with Crippen molar-refractivity contribution < 1.29 is 9.47 Å². The highest BCUT2D eigenvalue weighted by Crippen LogP contribution is 2.08. The molecule has 4 heteroatoms. The Morgan fingerprint density at radius 1 is 1.70 bits per heavy atom. The summed E-state index contributed by atoms with van der Waals surface area (Å²) in [5.74, 6) is 0. The summed E-state index contributed by atoms with van der Waals surface area (Å²) in [7, 11) is 0. The van der Waals surface area contributed by atoms with Gasteiger partial charge in [0.05, 0.1) is 13.2 Å². The second-order valence-electron chi connectivity index (χ2n) is 2.27. The van der Waals surface area contributed by atoms with Crippen LogP contribution in [0.3, 0.4) is 0 Å². The standard InChI is InChI=1S/C6H12ClNO2/c7-8-2-1-3-9-4-6-5-10-6/h6,8H,1-5H2. The molecule has 1 heterocycles. The van der Waals surface area contributed by atoms with Gasteiger partial charge in [0.25, 0.3) is 0 Å². The minimum atomic E-state index is 0.379. The third-order valence-electron chi connectivity index (χ3n) is 1.27. The number of epoxide rings is 1. The Bertz CT molecular complexity index is 87.8. The molecule has 1 aliphatic rings. The molecular formula is C6H12ClNO2. The van der Waals surface area contributed by atoms with Gasteiger partial charge in [-0.05, 0) is 18.2 Å². The largest absolute Gasteiger partial charge is 0.379 e. The lowest BCUT2D eigenvalue weighted by Crippen LogP contribution is -2.08. The van der Waals surface area contributed by atoms with E-state index in [1.54, 1.807) is 0 Å². The van der Waals surface area contributed by atoms with Crippen molar-refractivity contribution in [1.82, 2.24) is 4.84 Å². The Morgan fingerprint density at radius 3 is 3.10 bits per heavy atom. The summed E-state index contributed by atoms with van der Waals surface area (Å²) in [6.45, 7) is 3.17. The smallest absolute Gasteiger partial charge is 0.104 e. The molecule has 0 spiro atoms. The fraction of sp³-hybridized carbons (Fsp3) is 1.00. The lowest BCUT2D eigenvalue weighted by molar-refractivity contribution is 0.115. The van der Waals surface area contributed by atoms with E-state index in [1.807, 2.05) is 0 Å². The van der Waals surface area contributed by atoms with Crippen LogP contribution in [0.4, 0.5) is 0 Å². The number of halogens is 1. The lowest BCUT2D eigenvalue weighted by atomic mass is 10.4. The van der Waals surface area contributed by atoms with Gasteiger partial charge >= 0.3 is 0 Å². The number of nitrogens with one attached hydrogen (secondary N) is 1. The van der Waals surface area contributed by atoms with Crippen LogP contribution in [-0.4, -0.2) is 32.5 Å². The van der Waals surface area contributed by atoms with Gasteiger partial charge in [-0.15, -0.1) is 0 Å². The van der Waals surface area contributed by atoms with E-state index in [2.05, 4.69) is 4.84 Å². The molecular weight excluding hydrogens is 154 g/mol. The molecule has 0 aromatic carbocycles. The number of hydrogen-bond acceptors (Lipinski definition) is 3. The topological polar surface area (TPSA) is 33.8 Å². The first kappa shape index (κ1) is 8.27. The molecule has 0 amide bonds. The monoisotopic (exact) mass is 165 g/mol. The normalized spacial score (nSPS) is 23.1. The Balaban J connectivity index is 1.68. The Labute approximate surface area is 65.8 Å². The van der Waals surface area contributed by atoms with Crippen LogP contribution in [0.25, 0.3) is 0 Å². The fourth-order valence-corrected chi connectivity index (χ4v) is 0.754. The third-order valence-corrected chi connectivity index (χ3v) is 1.46. The molecule has 1 aliphatic heterocycles. The highest BCUT2D eigenvalue weighted by Gasteiger charge is 2.21.